The second-order valence-corrected chi connectivity index (χ2v) is 5.81. The van der Waals surface area contributed by atoms with Crippen LogP contribution in [0.4, 0.5) is 0 Å². The molecule has 2 N–H and O–H groups in total. The van der Waals surface area contributed by atoms with E-state index >= 15 is 0 Å². The van der Waals surface area contributed by atoms with Gasteiger partial charge in [-0.2, -0.15) is 0 Å². The largest absolute Gasteiger partial charge is 0.394 e. The number of carbonyl (C=O) groups excluding carboxylic acids is 2. The van der Waals surface area contributed by atoms with Gasteiger partial charge in [0.2, 0.25) is 5.91 Å². The quantitative estimate of drug-likeness (QED) is 0.807. The summed E-state index contributed by atoms with van der Waals surface area (Å²) >= 11 is 0. The molecule has 0 fully saturated rings. The fourth-order valence-corrected chi connectivity index (χ4v) is 2.10. The third-order valence-electron chi connectivity index (χ3n) is 3.55. The number of amides is 2. The Morgan fingerprint density at radius 1 is 1.23 bits per heavy atom. The summed E-state index contributed by atoms with van der Waals surface area (Å²) in [4.78, 5) is 25.5. The van der Waals surface area contributed by atoms with Crippen molar-refractivity contribution in [2.24, 2.45) is 5.92 Å². The minimum absolute atomic E-state index is 0.0282. The highest BCUT2D eigenvalue weighted by atomic mass is 16.3. The van der Waals surface area contributed by atoms with Crippen LogP contribution in [0.5, 0.6) is 0 Å². The van der Waals surface area contributed by atoms with Gasteiger partial charge in [-0.25, -0.2) is 0 Å². The maximum absolute atomic E-state index is 12.0. The van der Waals surface area contributed by atoms with E-state index in [0.717, 1.165) is 5.56 Å². The number of hydrogen-bond donors (Lipinski definition) is 2. The van der Waals surface area contributed by atoms with Crippen molar-refractivity contribution in [2.75, 3.05) is 13.7 Å². The summed E-state index contributed by atoms with van der Waals surface area (Å²) in [6.07, 6.45) is 0.683. The molecule has 22 heavy (non-hydrogen) atoms. The molecule has 1 atom stereocenters. The van der Waals surface area contributed by atoms with E-state index in [9.17, 15) is 9.59 Å². The number of carbonyl (C=O) groups is 2. The number of aliphatic hydroxyl groups is 1. The Labute approximate surface area is 132 Å². The van der Waals surface area contributed by atoms with Crippen molar-refractivity contribution in [1.82, 2.24) is 10.2 Å². The minimum Gasteiger partial charge on any atom is -0.394 e. The second-order valence-electron chi connectivity index (χ2n) is 5.81. The van der Waals surface area contributed by atoms with Gasteiger partial charge in [0.1, 0.15) is 0 Å². The van der Waals surface area contributed by atoms with Crippen LogP contribution in [0.3, 0.4) is 0 Å². The molecule has 0 aliphatic carbocycles. The highest BCUT2D eigenvalue weighted by Crippen LogP contribution is 2.09. The Morgan fingerprint density at radius 2 is 1.82 bits per heavy atom. The smallest absolute Gasteiger partial charge is 0.251 e. The zero-order chi connectivity index (χ0) is 16.7. The van der Waals surface area contributed by atoms with Crippen molar-refractivity contribution < 1.29 is 14.7 Å². The van der Waals surface area contributed by atoms with E-state index in [1.54, 1.807) is 24.1 Å². The molecule has 0 aromatic heterocycles. The van der Waals surface area contributed by atoms with Gasteiger partial charge >= 0.3 is 0 Å². The summed E-state index contributed by atoms with van der Waals surface area (Å²) < 4.78 is 0. The normalized spacial score (nSPS) is 12.1. The molecule has 1 unspecified atom stereocenters. The highest BCUT2D eigenvalue weighted by molar-refractivity contribution is 5.94. The molecule has 0 radical (unpaired) electrons. The summed E-state index contributed by atoms with van der Waals surface area (Å²) in [7, 11) is 1.77. The van der Waals surface area contributed by atoms with E-state index in [4.69, 9.17) is 5.11 Å². The van der Waals surface area contributed by atoms with E-state index in [2.05, 4.69) is 5.32 Å². The number of nitrogens with zero attached hydrogens (tertiary/aromatic N) is 1. The summed E-state index contributed by atoms with van der Waals surface area (Å²) in [5.74, 6) is -0.130. The Kier molecular flexibility index (Phi) is 7.05. The molecule has 2 amide bonds. The lowest BCUT2D eigenvalue weighted by molar-refractivity contribution is -0.133. The molecule has 1 rings (SSSR count). The molecule has 0 heterocycles. The Morgan fingerprint density at radius 3 is 2.27 bits per heavy atom. The number of nitrogens with one attached hydrogen (secondary N) is 1. The molecule has 0 saturated heterocycles. The minimum atomic E-state index is -0.220. The topological polar surface area (TPSA) is 69.6 Å². The first-order valence-corrected chi connectivity index (χ1v) is 7.64. The Hall–Kier alpha value is -1.88. The number of rotatable bonds is 7. The van der Waals surface area contributed by atoms with Crippen LogP contribution < -0.4 is 5.32 Å². The zero-order valence-corrected chi connectivity index (χ0v) is 13.8. The van der Waals surface area contributed by atoms with Crippen LogP contribution in [0.2, 0.25) is 0 Å². The Bertz CT molecular complexity index is 493. The van der Waals surface area contributed by atoms with Crippen molar-refractivity contribution in [2.45, 2.75) is 39.8 Å². The van der Waals surface area contributed by atoms with Crippen LogP contribution in [0.1, 0.15) is 43.1 Å². The lowest BCUT2D eigenvalue weighted by Crippen LogP contribution is -2.36. The van der Waals surface area contributed by atoms with Crippen LogP contribution >= 0.6 is 0 Å². The van der Waals surface area contributed by atoms with Gasteiger partial charge in [0.05, 0.1) is 12.6 Å². The zero-order valence-electron chi connectivity index (χ0n) is 13.8. The van der Waals surface area contributed by atoms with Gasteiger partial charge < -0.3 is 15.3 Å². The molecule has 5 nitrogen and oxygen atoms in total. The molecule has 1 aromatic rings. The maximum Gasteiger partial charge on any atom is 0.251 e. The van der Waals surface area contributed by atoms with Crippen LogP contribution in [0, 0.1) is 5.92 Å². The summed E-state index contributed by atoms with van der Waals surface area (Å²) in [6, 6.07) is 6.95. The first kappa shape index (κ1) is 18.2. The van der Waals surface area contributed by atoms with Crippen LogP contribution in [-0.4, -0.2) is 41.5 Å². The number of aliphatic hydroxyl groups excluding tert-OH is 1. The van der Waals surface area contributed by atoms with E-state index in [1.165, 1.54) is 0 Å². The average molecular weight is 306 g/mol. The van der Waals surface area contributed by atoms with Gasteiger partial charge in [-0.1, -0.05) is 32.9 Å². The van der Waals surface area contributed by atoms with Gasteiger partial charge in [-0.05, 0) is 24.1 Å². The molecule has 122 valence electrons. The predicted molar refractivity (Wildman–Crippen MR) is 86.4 cm³/mol. The molecule has 0 saturated carbocycles. The van der Waals surface area contributed by atoms with Crippen molar-refractivity contribution in [3.8, 4) is 0 Å². The average Bonchev–Trinajstić information content (AvgIpc) is 2.52. The maximum atomic E-state index is 12.0. The molecule has 0 bridgehead atoms. The SMILES string of the molecule is CCC(CO)NC(=O)c1ccc(CN(C)C(=O)C(C)C)cc1. The molecule has 0 aliphatic rings. The fourth-order valence-electron chi connectivity index (χ4n) is 2.10. The van der Waals surface area contributed by atoms with Gasteiger partial charge in [-0.15, -0.1) is 0 Å². The lowest BCUT2D eigenvalue weighted by Gasteiger charge is -2.19. The summed E-state index contributed by atoms with van der Waals surface area (Å²) in [5, 5.41) is 11.9. The predicted octanol–water partition coefficient (Wildman–Crippen LogP) is 1.80. The van der Waals surface area contributed by atoms with E-state index in [0.29, 0.717) is 18.5 Å². The van der Waals surface area contributed by atoms with Crippen LogP contribution in [-0.2, 0) is 11.3 Å². The molecule has 0 spiro atoms. The highest BCUT2D eigenvalue weighted by Gasteiger charge is 2.14. The van der Waals surface area contributed by atoms with Crippen molar-refractivity contribution in [3.05, 3.63) is 35.4 Å². The Balaban J connectivity index is 2.66. The monoisotopic (exact) mass is 306 g/mol. The van der Waals surface area contributed by atoms with Crippen molar-refractivity contribution in [3.63, 3.8) is 0 Å². The van der Waals surface area contributed by atoms with E-state index in [1.807, 2.05) is 32.9 Å². The number of hydrogen-bond acceptors (Lipinski definition) is 3. The molecule has 0 aliphatic heterocycles. The molecule has 1 aromatic carbocycles. The van der Waals surface area contributed by atoms with Gasteiger partial charge in [-0.3, -0.25) is 9.59 Å². The first-order valence-electron chi connectivity index (χ1n) is 7.64. The third kappa shape index (κ3) is 5.15. The molecular weight excluding hydrogens is 280 g/mol. The third-order valence-corrected chi connectivity index (χ3v) is 3.55. The van der Waals surface area contributed by atoms with Crippen LogP contribution in [0.15, 0.2) is 24.3 Å². The first-order chi connectivity index (χ1) is 10.4. The van der Waals surface area contributed by atoms with E-state index < -0.39 is 0 Å². The molecule has 5 heteroatoms. The summed E-state index contributed by atoms with van der Waals surface area (Å²) in [6.45, 7) is 6.11. The van der Waals surface area contributed by atoms with Gasteiger partial charge in [0.25, 0.3) is 5.91 Å². The van der Waals surface area contributed by atoms with Crippen molar-refractivity contribution in [1.29, 1.82) is 0 Å². The van der Waals surface area contributed by atoms with Crippen LogP contribution in [0.25, 0.3) is 0 Å². The van der Waals surface area contributed by atoms with Gasteiger partial charge in [0.15, 0.2) is 0 Å². The lowest BCUT2D eigenvalue weighted by atomic mass is 10.1. The molecular formula is C17H26N2O3. The van der Waals surface area contributed by atoms with Crippen molar-refractivity contribution >= 4 is 11.8 Å². The standard InChI is InChI=1S/C17H26N2O3/c1-5-15(11-20)18-16(21)14-8-6-13(7-9-14)10-19(4)17(22)12(2)3/h6-9,12,15,20H,5,10-11H2,1-4H3,(H,18,21). The van der Waals surface area contributed by atoms with E-state index in [-0.39, 0.29) is 30.4 Å². The number of benzene rings is 1. The van der Waals surface area contributed by atoms with Gasteiger partial charge in [0, 0.05) is 25.1 Å². The summed E-state index contributed by atoms with van der Waals surface area (Å²) in [5.41, 5.74) is 1.52. The second kappa shape index (κ2) is 8.54. The fraction of sp³-hybridized carbons (Fsp3) is 0.529.